The first kappa shape index (κ1) is 14.1. The maximum atomic E-state index is 11.2. The second kappa shape index (κ2) is 5.77. The van der Waals surface area contributed by atoms with E-state index in [0.29, 0.717) is 20.2 Å². The van der Waals surface area contributed by atoms with Crippen LogP contribution < -0.4 is 5.32 Å². The van der Waals surface area contributed by atoms with Gasteiger partial charge in [0, 0.05) is 15.7 Å². The molecular weight excluding hydrogens is 355 g/mol. The van der Waals surface area contributed by atoms with Gasteiger partial charge in [-0.05, 0) is 40.2 Å². The molecule has 0 aliphatic rings. The molecule has 98 valence electrons. The minimum absolute atomic E-state index is 0.0328. The summed E-state index contributed by atoms with van der Waals surface area (Å²) in [4.78, 5) is 15.2. The van der Waals surface area contributed by atoms with Gasteiger partial charge in [0.05, 0.1) is 10.7 Å². The summed E-state index contributed by atoms with van der Waals surface area (Å²) < 4.78 is 0.577. The van der Waals surface area contributed by atoms with Gasteiger partial charge in [0.2, 0.25) is 0 Å². The fraction of sp³-hybridized carbons (Fsp3) is 0. The lowest BCUT2D eigenvalue weighted by molar-refractivity contribution is 0.0697. The smallest absolute Gasteiger partial charge is 0.339 e. The summed E-state index contributed by atoms with van der Waals surface area (Å²) in [7, 11) is 0. The molecule has 4 nitrogen and oxygen atoms in total. The number of anilines is 2. The highest BCUT2D eigenvalue weighted by molar-refractivity contribution is 9.10. The molecule has 1 aromatic heterocycles. The summed E-state index contributed by atoms with van der Waals surface area (Å²) in [5.41, 5.74) is 0.525. The molecule has 0 amide bonds. The first-order valence-corrected chi connectivity index (χ1v) is 6.63. The Kier molecular flexibility index (Phi) is 4.29. The van der Waals surface area contributed by atoms with Crippen LogP contribution in [0.15, 0.2) is 34.9 Å². The number of halogens is 3. The van der Waals surface area contributed by atoms with Crippen molar-refractivity contribution >= 4 is 56.6 Å². The number of aromatic carboxylic acids is 1. The average Bonchev–Trinajstić information content (AvgIpc) is 2.35. The Morgan fingerprint density at radius 3 is 2.74 bits per heavy atom. The van der Waals surface area contributed by atoms with E-state index in [1.807, 2.05) is 0 Å². The minimum Gasteiger partial charge on any atom is -0.478 e. The van der Waals surface area contributed by atoms with Gasteiger partial charge in [0.25, 0.3) is 0 Å². The number of pyridine rings is 1. The Labute approximate surface area is 127 Å². The van der Waals surface area contributed by atoms with Gasteiger partial charge in [-0.2, -0.15) is 0 Å². The number of hydrogen-bond donors (Lipinski definition) is 2. The largest absolute Gasteiger partial charge is 0.478 e. The first-order valence-electron chi connectivity index (χ1n) is 5.08. The third-order valence-corrected chi connectivity index (χ3v) is 3.26. The molecule has 1 aromatic carbocycles. The van der Waals surface area contributed by atoms with Crippen LogP contribution >= 0.6 is 39.1 Å². The molecule has 2 aromatic rings. The summed E-state index contributed by atoms with van der Waals surface area (Å²) in [6, 6.07) is 6.31. The molecule has 0 bridgehead atoms. The number of benzene rings is 1. The summed E-state index contributed by atoms with van der Waals surface area (Å²) >= 11 is 15.0. The Morgan fingerprint density at radius 2 is 2.05 bits per heavy atom. The van der Waals surface area contributed by atoms with Crippen molar-refractivity contribution in [2.45, 2.75) is 0 Å². The number of carboxylic acids is 1. The molecule has 2 N–H and O–H groups in total. The van der Waals surface area contributed by atoms with Crippen molar-refractivity contribution in [1.29, 1.82) is 0 Å². The highest BCUT2D eigenvalue weighted by atomic mass is 79.9. The number of nitrogens with one attached hydrogen (secondary N) is 1. The monoisotopic (exact) mass is 360 g/mol. The highest BCUT2D eigenvalue weighted by Crippen LogP contribution is 2.29. The quantitative estimate of drug-likeness (QED) is 0.839. The second-order valence-electron chi connectivity index (χ2n) is 3.60. The molecule has 0 fully saturated rings. The second-order valence-corrected chi connectivity index (χ2v) is 5.36. The van der Waals surface area contributed by atoms with Gasteiger partial charge in [-0.15, -0.1) is 0 Å². The Bertz CT molecular complexity index is 650. The lowest BCUT2D eigenvalue weighted by atomic mass is 10.2. The van der Waals surface area contributed by atoms with Gasteiger partial charge < -0.3 is 10.4 Å². The SMILES string of the molecule is O=C(O)c1cc(Br)cnc1Nc1cc(Cl)ccc1Cl. The van der Waals surface area contributed by atoms with E-state index in [-0.39, 0.29) is 11.4 Å². The van der Waals surface area contributed by atoms with E-state index in [0.717, 1.165) is 0 Å². The predicted molar refractivity (Wildman–Crippen MR) is 78.6 cm³/mol. The fourth-order valence-electron chi connectivity index (χ4n) is 1.42. The van der Waals surface area contributed by atoms with Crippen molar-refractivity contribution in [3.63, 3.8) is 0 Å². The van der Waals surface area contributed by atoms with E-state index in [2.05, 4.69) is 26.2 Å². The molecule has 7 heteroatoms. The van der Waals surface area contributed by atoms with Crippen LogP contribution in [0.4, 0.5) is 11.5 Å². The van der Waals surface area contributed by atoms with Crippen LogP contribution in [0.3, 0.4) is 0 Å². The lowest BCUT2D eigenvalue weighted by Crippen LogP contribution is -2.05. The zero-order chi connectivity index (χ0) is 14.0. The van der Waals surface area contributed by atoms with Crippen LogP contribution in [0.25, 0.3) is 0 Å². The van der Waals surface area contributed by atoms with Crippen molar-refractivity contribution in [2.75, 3.05) is 5.32 Å². The van der Waals surface area contributed by atoms with Gasteiger partial charge in [0.1, 0.15) is 11.4 Å². The van der Waals surface area contributed by atoms with Gasteiger partial charge in [0.15, 0.2) is 0 Å². The lowest BCUT2D eigenvalue weighted by Gasteiger charge is -2.10. The van der Waals surface area contributed by atoms with Crippen molar-refractivity contribution < 1.29 is 9.90 Å². The normalized spacial score (nSPS) is 10.3. The van der Waals surface area contributed by atoms with E-state index in [4.69, 9.17) is 28.3 Å². The average molecular weight is 362 g/mol. The minimum atomic E-state index is -1.09. The molecule has 0 aliphatic carbocycles. The molecule has 0 saturated carbocycles. The predicted octanol–water partition coefficient (Wildman–Crippen LogP) is 4.59. The zero-order valence-electron chi connectivity index (χ0n) is 9.32. The molecule has 1 heterocycles. The topological polar surface area (TPSA) is 62.2 Å². The van der Waals surface area contributed by atoms with E-state index in [1.54, 1.807) is 18.2 Å². The molecule has 19 heavy (non-hydrogen) atoms. The molecule has 0 radical (unpaired) electrons. The van der Waals surface area contributed by atoms with Crippen LogP contribution in [-0.2, 0) is 0 Å². The van der Waals surface area contributed by atoms with Gasteiger partial charge >= 0.3 is 5.97 Å². The molecule has 0 saturated heterocycles. The van der Waals surface area contributed by atoms with Crippen LogP contribution in [0.2, 0.25) is 10.0 Å². The molecule has 0 unspecified atom stereocenters. The van der Waals surface area contributed by atoms with Crippen LogP contribution in [0.1, 0.15) is 10.4 Å². The number of nitrogens with zero attached hydrogens (tertiary/aromatic N) is 1. The van der Waals surface area contributed by atoms with Crippen molar-refractivity contribution in [3.8, 4) is 0 Å². The number of carboxylic acid groups (broad SMARTS) is 1. The third kappa shape index (κ3) is 3.37. The highest BCUT2D eigenvalue weighted by Gasteiger charge is 2.13. The number of carbonyl (C=O) groups is 1. The number of aromatic nitrogens is 1. The van der Waals surface area contributed by atoms with Gasteiger partial charge in [-0.3, -0.25) is 0 Å². The van der Waals surface area contributed by atoms with E-state index in [1.165, 1.54) is 12.3 Å². The zero-order valence-corrected chi connectivity index (χ0v) is 12.4. The molecular formula is C12H7BrCl2N2O2. The third-order valence-electron chi connectivity index (χ3n) is 2.27. The van der Waals surface area contributed by atoms with E-state index < -0.39 is 5.97 Å². The number of hydrogen-bond acceptors (Lipinski definition) is 3. The summed E-state index contributed by atoms with van der Waals surface area (Å²) in [5, 5.41) is 12.9. The Morgan fingerprint density at radius 1 is 1.32 bits per heavy atom. The molecule has 2 rings (SSSR count). The van der Waals surface area contributed by atoms with Crippen molar-refractivity contribution in [2.24, 2.45) is 0 Å². The molecule has 0 atom stereocenters. The fourth-order valence-corrected chi connectivity index (χ4v) is 2.09. The van der Waals surface area contributed by atoms with Crippen LogP contribution in [-0.4, -0.2) is 16.1 Å². The Hall–Kier alpha value is -1.30. The first-order chi connectivity index (χ1) is 8.97. The van der Waals surface area contributed by atoms with Crippen molar-refractivity contribution in [1.82, 2.24) is 4.98 Å². The standard InChI is InChI=1S/C12H7BrCl2N2O2/c13-6-3-8(12(18)19)11(16-5-6)17-10-4-7(14)1-2-9(10)15/h1-5H,(H,16,17)(H,18,19). The van der Waals surface area contributed by atoms with Crippen LogP contribution in [0.5, 0.6) is 0 Å². The summed E-state index contributed by atoms with van der Waals surface area (Å²) in [5.74, 6) is -0.894. The summed E-state index contributed by atoms with van der Waals surface area (Å²) in [6.45, 7) is 0. The van der Waals surface area contributed by atoms with Gasteiger partial charge in [-0.25, -0.2) is 9.78 Å². The number of rotatable bonds is 3. The maximum Gasteiger partial charge on any atom is 0.339 e. The van der Waals surface area contributed by atoms with Crippen molar-refractivity contribution in [3.05, 3.63) is 50.5 Å². The molecule has 0 spiro atoms. The van der Waals surface area contributed by atoms with Crippen LogP contribution in [0, 0.1) is 0 Å². The van der Waals surface area contributed by atoms with E-state index in [9.17, 15) is 4.79 Å². The molecule has 0 aliphatic heterocycles. The Balaban J connectivity index is 2.43. The van der Waals surface area contributed by atoms with E-state index >= 15 is 0 Å². The maximum absolute atomic E-state index is 11.2. The van der Waals surface area contributed by atoms with Gasteiger partial charge in [-0.1, -0.05) is 23.2 Å². The summed E-state index contributed by atoms with van der Waals surface area (Å²) in [6.07, 6.45) is 1.49.